The maximum Gasteiger partial charge on any atom is 0.229 e. The van der Waals surface area contributed by atoms with E-state index < -0.39 is 5.41 Å². The van der Waals surface area contributed by atoms with Crippen LogP contribution >= 0.6 is 0 Å². The highest BCUT2D eigenvalue weighted by Crippen LogP contribution is 2.34. The van der Waals surface area contributed by atoms with Gasteiger partial charge in [0.15, 0.2) is 0 Å². The fourth-order valence-corrected chi connectivity index (χ4v) is 3.45. The lowest BCUT2D eigenvalue weighted by Crippen LogP contribution is -2.50. The molecule has 22 heavy (non-hydrogen) atoms. The summed E-state index contributed by atoms with van der Waals surface area (Å²) in [5.74, 6) is 0.314. The molecule has 0 bridgehead atoms. The fourth-order valence-electron chi connectivity index (χ4n) is 3.45. The Kier molecular flexibility index (Phi) is 7.30. The summed E-state index contributed by atoms with van der Waals surface area (Å²) in [6.07, 6.45) is 10.3. The summed E-state index contributed by atoms with van der Waals surface area (Å²) in [7, 11) is 0. The minimum atomic E-state index is -0.739. The van der Waals surface area contributed by atoms with Crippen LogP contribution in [0.15, 0.2) is 24.3 Å². The van der Waals surface area contributed by atoms with E-state index in [1.807, 2.05) is 24.3 Å². The van der Waals surface area contributed by atoms with Crippen molar-refractivity contribution in [3.05, 3.63) is 24.3 Å². The first-order valence-corrected chi connectivity index (χ1v) is 8.52. The Bertz CT molecular complexity index is 413. The van der Waals surface area contributed by atoms with Crippen LogP contribution in [-0.2, 0) is 4.79 Å². The Hall–Kier alpha value is -1.13. The van der Waals surface area contributed by atoms with Crippen molar-refractivity contribution in [2.45, 2.75) is 59.0 Å². The molecule has 4 N–H and O–H groups in total. The Labute approximate surface area is 135 Å². The molecule has 4 heteroatoms. The van der Waals surface area contributed by atoms with Crippen molar-refractivity contribution in [2.75, 3.05) is 13.1 Å². The molecule has 0 aromatic rings. The topological polar surface area (TPSA) is 72.3 Å². The molecule has 4 nitrogen and oxygen atoms in total. The quantitative estimate of drug-likeness (QED) is 0.687. The molecule has 1 rings (SSSR count). The number of allylic oxidation sites excluding steroid dienone is 2. The zero-order chi connectivity index (χ0) is 16.8. The van der Waals surface area contributed by atoms with Crippen LogP contribution in [0.25, 0.3) is 0 Å². The van der Waals surface area contributed by atoms with Gasteiger partial charge in [-0.2, -0.15) is 0 Å². The lowest BCUT2D eigenvalue weighted by molar-refractivity contribution is -0.126. The van der Waals surface area contributed by atoms with Crippen molar-refractivity contribution in [1.29, 1.82) is 0 Å². The van der Waals surface area contributed by atoms with E-state index in [-0.39, 0.29) is 11.9 Å². The molecule has 126 valence electrons. The molecule has 1 aliphatic rings. The third-order valence-electron chi connectivity index (χ3n) is 4.84. The Morgan fingerprint density at radius 3 is 2.36 bits per heavy atom. The molecular formula is C18H33N3O. The van der Waals surface area contributed by atoms with Crippen LogP contribution in [0.3, 0.4) is 0 Å². The van der Waals surface area contributed by atoms with E-state index >= 15 is 0 Å². The van der Waals surface area contributed by atoms with Crippen LogP contribution < -0.4 is 11.5 Å². The number of carbonyl (C=O) groups is 1. The molecule has 0 saturated heterocycles. The van der Waals surface area contributed by atoms with Crippen LogP contribution in [-0.4, -0.2) is 36.0 Å². The number of nitrogens with two attached hydrogens (primary N) is 2. The molecule has 0 aromatic heterocycles. The first-order chi connectivity index (χ1) is 10.4. The number of carbonyl (C=O) groups excluding carboxylic acids is 1. The van der Waals surface area contributed by atoms with Gasteiger partial charge in [0.05, 0.1) is 5.41 Å². The Morgan fingerprint density at radius 1 is 1.27 bits per heavy atom. The second-order valence-electron chi connectivity index (χ2n) is 6.72. The Morgan fingerprint density at radius 2 is 1.91 bits per heavy atom. The van der Waals surface area contributed by atoms with Gasteiger partial charge < -0.3 is 16.4 Å². The summed E-state index contributed by atoms with van der Waals surface area (Å²) in [6, 6.07) is 0.143. The van der Waals surface area contributed by atoms with Crippen LogP contribution in [0.5, 0.6) is 0 Å². The van der Waals surface area contributed by atoms with E-state index in [2.05, 4.69) is 32.6 Å². The standard InChI is InChI=1S/C18H33N3O/c1-5-21(6-2)15(13-14(3)4)10-12-18(17(20)22)11-8-7-9-16(18)19/h7-9,11,14-16H,5-6,10,12-13,19H2,1-4H3,(H2,20,22). The number of amides is 1. The maximum atomic E-state index is 12.1. The summed E-state index contributed by atoms with van der Waals surface area (Å²) >= 11 is 0. The molecule has 0 fully saturated rings. The average molecular weight is 307 g/mol. The van der Waals surface area contributed by atoms with E-state index in [1.165, 1.54) is 0 Å². The summed E-state index contributed by atoms with van der Waals surface area (Å²) in [5, 5.41) is 0. The molecule has 0 spiro atoms. The first kappa shape index (κ1) is 18.9. The van der Waals surface area contributed by atoms with Crippen molar-refractivity contribution in [3.63, 3.8) is 0 Å². The van der Waals surface area contributed by atoms with Crippen LogP contribution in [0, 0.1) is 11.3 Å². The summed E-state index contributed by atoms with van der Waals surface area (Å²) in [6.45, 7) is 10.9. The van der Waals surface area contributed by atoms with E-state index in [1.54, 1.807) is 0 Å². The maximum absolute atomic E-state index is 12.1. The monoisotopic (exact) mass is 307 g/mol. The van der Waals surface area contributed by atoms with E-state index in [4.69, 9.17) is 11.5 Å². The van der Waals surface area contributed by atoms with Crippen molar-refractivity contribution in [3.8, 4) is 0 Å². The number of rotatable bonds is 9. The van der Waals surface area contributed by atoms with Crippen molar-refractivity contribution >= 4 is 5.91 Å². The van der Waals surface area contributed by atoms with Crippen molar-refractivity contribution in [1.82, 2.24) is 4.90 Å². The highest BCUT2D eigenvalue weighted by atomic mass is 16.1. The molecule has 0 aromatic carbocycles. The number of hydrogen-bond donors (Lipinski definition) is 2. The van der Waals surface area contributed by atoms with Crippen molar-refractivity contribution < 1.29 is 4.79 Å². The van der Waals surface area contributed by atoms with Gasteiger partial charge in [-0.05, 0) is 38.3 Å². The average Bonchev–Trinajstić information content (AvgIpc) is 2.46. The highest BCUT2D eigenvalue weighted by Gasteiger charge is 2.40. The van der Waals surface area contributed by atoms with Gasteiger partial charge >= 0.3 is 0 Å². The van der Waals surface area contributed by atoms with Crippen LogP contribution in [0.1, 0.15) is 47.0 Å². The van der Waals surface area contributed by atoms with Gasteiger partial charge in [-0.3, -0.25) is 4.79 Å². The van der Waals surface area contributed by atoms with Gasteiger partial charge in [0.2, 0.25) is 5.91 Å². The van der Waals surface area contributed by atoms with E-state index in [0.29, 0.717) is 18.4 Å². The second-order valence-corrected chi connectivity index (χ2v) is 6.72. The molecule has 0 saturated carbocycles. The first-order valence-electron chi connectivity index (χ1n) is 8.52. The van der Waals surface area contributed by atoms with Gasteiger partial charge in [0, 0.05) is 12.1 Å². The largest absolute Gasteiger partial charge is 0.369 e. The molecule has 1 aliphatic carbocycles. The fraction of sp³-hybridized carbons (Fsp3) is 0.722. The summed E-state index contributed by atoms with van der Waals surface area (Å²) in [4.78, 5) is 14.5. The molecular weight excluding hydrogens is 274 g/mol. The highest BCUT2D eigenvalue weighted by molar-refractivity contribution is 5.84. The minimum absolute atomic E-state index is 0.316. The molecule has 0 radical (unpaired) electrons. The normalized spacial score (nSPS) is 25.9. The van der Waals surface area contributed by atoms with E-state index in [9.17, 15) is 4.79 Å². The smallest absolute Gasteiger partial charge is 0.229 e. The molecule has 1 amide bonds. The SMILES string of the molecule is CCN(CC)C(CCC1(C(N)=O)C=CC=CC1N)CC(C)C. The minimum Gasteiger partial charge on any atom is -0.369 e. The molecule has 0 heterocycles. The van der Waals surface area contributed by atoms with Gasteiger partial charge in [0.1, 0.15) is 0 Å². The van der Waals surface area contributed by atoms with Crippen molar-refractivity contribution in [2.24, 2.45) is 22.8 Å². The van der Waals surface area contributed by atoms with Gasteiger partial charge in [-0.25, -0.2) is 0 Å². The van der Waals surface area contributed by atoms with Crippen LogP contribution in [0.4, 0.5) is 0 Å². The predicted molar refractivity (Wildman–Crippen MR) is 93.3 cm³/mol. The zero-order valence-electron chi connectivity index (χ0n) is 14.6. The van der Waals surface area contributed by atoms with Crippen LogP contribution in [0.2, 0.25) is 0 Å². The Balaban J connectivity index is 2.86. The molecule has 3 unspecified atom stereocenters. The molecule has 0 aliphatic heterocycles. The number of hydrogen-bond acceptors (Lipinski definition) is 3. The summed E-state index contributed by atoms with van der Waals surface area (Å²) < 4.78 is 0. The van der Waals surface area contributed by atoms with Gasteiger partial charge in [-0.1, -0.05) is 52.0 Å². The predicted octanol–water partition coefficient (Wildman–Crippen LogP) is 2.45. The molecule has 3 atom stereocenters. The lowest BCUT2D eigenvalue weighted by atomic mass is 9.72. The lowest BCUT2D eigenvalue weighted by Gasteiger charge is -2.37. The number of nitrogens with zero attached hydrogens (tertiary/aromatic N) is 1. The second kappa shape index (κ2) is 8.49. The third-order valence-corrected chi connectivity index (χ3v) is 4.84. The zero-order valence-corrected chi connectivity index (χ0v) is 14.6. The third kappa shape index (κ3) is 4.43. The van der Waals surface area contributed by atoms with Gasteiger partial charge in [-0.15, -0.1) is 0 Å². The van der Waals surface area contributed by atoms with E-state index in [0.717, 1.165) is 25.9 Å². The summed E-state index contributed by atoms with van der Waals surface area (Å²) in [5.41, 5.74) is 11.2. The van der Waals surface area contributed by atoms with Gasteiger partial charge in [0.25, 0.3) is 0 Å². The number of primary amides is 1.